The number of carbonyl (C=O) groups excluding carboxylic acids is 3. The van der Waals surface area contributed by atoms with Crippen molar-refractivity contribution >= 4 is 17.9 Å². The number of unbranched alkanes of at least 4 members (excludes halogenated alkanes) is 36. The molecule has 6 heteroatoms. The van der Waals surface area contributed by atoms with Crippen molar-refractivity contribution in [3.8, 4) is 0 Å². The van der Waals surface area contributed by atoms with E-state index in [0.29, 0.717) is 19.3 Å². The first-order chi connectivity index (χ1) is 40.0. The molecule has 0 fully saturated rings. The van der Waals surface area contributed by atoms with Crippen LogP contribution in [-0.2, 0) is 28.6 Å². The third-order valence-corrected chi connectivity index (χ3v) is 15.1. The SMILES string of the molecule is CC/C=C\C/C=C\C/C=C\C/C=C\CCCCCCCCCCCCCCCCCCC(=O)OCC(COC(=O)CCCCCCCCCCCCCCCCCCC)OC(=O)CCCCCC/C=C\C/C=C\C/C=C\C/C=C\CC. The molecule has 0 aliphatic rings. The van der Waals surface area contributed by atoms with E-state index in [-0.39, 0.29) is 31.1 Å². The predicted molar refractivity (Wildman–Crippen MR) is 353 cm³/mol. The van der Waals surface area contributed by atoms with Crippen LogP contribution in [0.5, 0.6) is 0 Å². The molecule has 1 atom stereocenters. The molecule has 0 aliphatic carbocycles. The van der Waals surface area contributed by atoms with Gasteiger partial charge in [0.05, 0.1) is 0 Å². The Morgan fingerprint density at radius 3 is 0.753 bits per heavy atom. The normalized spacial score (nSPS) is 12.7. The van der Waals surface area contributed by atoms with Gasteiger partial charge in [0.2, 0.25) is 0 Å². The van der Waals surface area contributed by atoms with Gasteiger partial charge in [0.15, 0.2) is 6.10 Å². The van der Waals surface area contributed by atoms with Crippen molar-refractivity contribution in [2.75, 3.05) is 13.2 Å². The number of rotatable bonds is 63. The van der Waals surface area contributed by atoms with Crippen molar-refractivity contribution in [2.24, 2.45) is 0 Å². The lowest BCUT2D eigenvalue weighted by molar-refractivity contribution is -0.167. The number of hydrogen-bond donors (Lipinski definition) is 0. The Balaban J connectivity index is 4.28. The van der Waals surface area contributed by atoms with Crippen LogP contribution in [-0.4, -0.2) is 37.2 Å². The number of hydrogen-bond acceptors (Lipinski definition) is 6. The fourth-order valence-electron chi connectivity index (χ4n) is 9.96. The monoisotopic (exact) mass is 1130 g/mol. The quantitative estimate of drug-likeness (QED) is 0.0261. The van der Waals surface area contributed by atoms with Gasteiger partial charge in [0.25, 0.3) is 0 Å². The molecule has 6 nitrogen and oxygen atoms in total. The minimum Gasteiger partial charge on any atom is -0.462 e. The molecule has 0 saturated heterocycles. The Hall–Kier alpha value is -3.67. The summed E-state index contributed by atoms with van der Waals surface area (Å²) in [5.41, 5.74) is 0. The Morgan fingerprint density at radius 1 is 0.259 bits per heavy atom. The van der Waals surface area contributed by atoms with Gasteiger partial charge in [-0.25, -0.2) is 0 Å². The molecule has 0 saturated carbocycles. The van der Waals surface area contributed by atoms with Crippen LogP contribution in [0.25, 0.3) is 0 Å². The van der Waals surface area contributed by atoms with Crippen molar-refractivity contribution in [1.82, 2.24) is 0 Å². The summed E-state index contributed by atoms with van der Waals surface area (Å²) in [6, 6.07) is 0. The van der Waals surface area contributed by atoms with Gasteiger partial charge < -0.3 is 14.2 Å². The molecule has 0 spiro atoms. The zero-order valence-electron chi connectivity index (χ0n) is 53.5. The molecule has 0 N–H and O–H groups in total. The van der Waals surface area contributed by atoms with E-state index < -0.39 is 6.10 Å². The standard InChI is InChI=1S/C75H130O6/c1-4-7-10-13-16-19-22-25-28-31-32-33-34-35-36-37-38-39-40-41-42-45-47-50-53-56-59-62-65-68-74(77)80-71-72(81-75(78)69-66-63-60-57-54-51-48-44-30-27-24-21-18-15-12-9-6-3)70-79-73(76)67-64-61-58-55-52-49-46-43-29-26-23-20-17-14-11-8-5-2/h7,9-10,12,16,18-19,21,25,27-28,30,32-33,48,51,72H,4-6,8,11,13-15,17,20,22-24,26,29,31,34-47,49-50,52-71H2,1-3H3/b10-7-,12-9-,19-16-,21-18-,28-25-,30-27-,33-32-,51-48-. The van der Waals surface area contributed by atoms with Gasteiger partial charge in [-0.05, 0) is 96.3 Å². The molecular weight excluding hydrogens is 997 g/mol. The molecule has 81 heavy (non-hydrogen) atoms. The molecule has 0 amide bonds. The topological polar surface area (TPSA) is 78.9 Å². The first-order valence-corrected chi connectivity index (χ1v) is 34.7. The van der Waals surface area contributed by atoms with Crippen LogP contribution in [0.1, 0.15) is 342 Å². The predicted octanol–water partition coefficient (Wildman–Crippen LogP) is 24.0. The summed E-state index contributed by atoms with van der Waals surface area (Å²) in [5.74, 6) is -0.889. The summed E-state index contributed by atoms with van der Waals surface area (Å²) in [7, 11) is 0. The average molecular weight is 1130 g/mol. The van der Waals surface area contributed by atoms with Gasteiger partial charge in [-0.1, -0.05) is 323 Å². The molecule has 0 rings (SSSR count). The summed E-state index contributed by atoms with van der Waals surface area (Å²) in [5, 5.41) is 0. The average Bonchev–Trinajstić information content (AvgIpc) is 3.47. The van der Waals surface area contributed by atoms with Gasteiger partial charge >= 0.3 is 17.9 Å². The van der Waals surface area contributed by atoms with Crippen molar-refractivity contribution in [3.05, 3.63) is 97.2 Å². The molecule has 1 unspecified atom stereocenters. The molecule has 0 aliphatic heterocycles. The zero-order valence-corrected chi connectivity index (χ0v) is 53.5. The maximum atomic E-state index is 12.9. The number of carbonyl (C=O) groups is 3. The van der Waals surface area contributed by atoms with Crippen molar-refractivity contribution in [1.29, 1.82) is 0 Å². The van der Waals surface area contributed by atoms with Crippen LogP contribution in [0.4, 0.5) is 0 Å². The maximum absolute atomic E-state index is 12.9. The Morgan fingerprint density at radius 2 is 0.481 bits per heavy atom. The number of esters is 3. The third kappa shape index (κ3) is 67.0. The van der Waals surface area contributed by atoms with Crippen LogP contribution in [0.3, 0.4) is 0 Å². The highest BCUT2D eigenvalue weighted by Gasteiger charge is 2.19. The van der Waals surface area contributed by atoms with Crippen LogP contribution < -0.4 is 0 Å². The second-order valence-electron chi connectivity index (χ2n) is 23.0. The van der Waals surface area contributed by atoms with E-state index in [1.54, 1.807) is 0 Å². The second-order valence-corrected chi connectivity index (χ2v) is 23.0. The Bertz CT molecular complexity index is 1580. The van der Waals surface area contributed by atoms with Gasteiger partial charge in [0, 0.05) is 19.3 Å². The summed E-state index contributed by atoms with van der Waals surface area (Å²) < 4.78 is 17.0. The lowest BCUT2D eigenvalue weighted by Gasteiger charge is -2.18. The summed E-state index contributed by atoms with van der Waals surface area (Å²) in [4.78, 5) is 38.4. The molecule has 0 aromatic heterocycles. The fourth-order valence-corrected chi connectivity index (χ4v) is 9.96. The highest BCUT2D eigenvalue weighted by molar-refractivity contribution is 5.71. The van der Waals surface area contributed by atoms with E-state index in [0.717, 1.165) is 122 Å². The van der Waals surface area contributed by atoms with E-state index in [1.807, 2.05) is 0 Å². The molecule has 0 radical (unpaired) electrons. The second kappa shape index (κ2) is 68.8. The zero-order chi connectivity index (χ0) is 58.5. The van der Waals surface area contributed by atoms with Crippen molar-refractivity contribution < 1.29 is 28.6 Å². The smallest absolute Gasteiger partial charge is 0.306 e. The third-order valence-electron chi connectivity index (χ3n) is 15.1. The summed E-state index contributed by atoms with van der Waals surface area (Å²) >= 11 is 0. The van der Waals surface area contributed by atoms with Crippen LogP contribution >= 0.6 is 0 Å². The van der Waals surface area contributed by atoms with Crippen LogP contribution in [0.2, 0.25) is 0 Å². The van der Waals surface area contributed by atoms with Crippen LogP contribution in [0, 0.1) is 0 Å². The highest BCUT2D eigenvalue weighted by atomic mass is 16.6. The minimum absolute atomic E-state index is 0.0830. The Labute approximate surface area is 502 Å². The van der Waals surface area contributed by atoms with E-state index in [9.17, 15) is 14.4 Å². The van der Waals surface area contributed by atoms with E-state index in [2.05, 4.69) is 118 Å². The maximum Gasteiger partial charge on any atom is 0.306 e. The fraction of sp³-hybridized carbons (Fsp3) is 0.747. The van der Waals surface area contributed by atoms with Crippen molar-refractivity contribution in [2.45, 2.75) is 348 Å². The Kier molecular flexibility index (Phi) is 65.7. The van der Waals surface area contributed by atoms with Gasteiger partial charge in [-0.2, -0.15) is 0 Å². The molecule has 0 bridgehead atoms. The van der Waals surface area contributed by atoms with E-state index in [4.69, 9.17) is 14.2 Å². The number of ether oxygens (including phenoxy) is 3. The largest absolute Gasteiger partial charge is 0.462 e. The van der Waals surface area contributed by atoms with Gasteiger partial charge in [-0.3, -0.25) is 14.4 Å². The lowest BCUT2D eigenvalue weighted by Crippen LogP contribution is -2.30. The first-order valence-electron chi connectivity index (χ1n) is 34.7. The lowest BCUT2D eigenvalue weighted by atomic mass is 10.0. The molecule has 0 aromatic carbocycles. The van der Waals surface area contributed by atoms with E-state index in [1.165, 1.54) is 180 Å². The van der Waals surface area contributed by atoms with E-state index >= 15 is 0 Å². The molecular formula is C75H130O6. The molecule has 0 heterocycles. The highest BCUT2D eigenvalue weighted by Crippen LogP contribution is 2.18. The van der Waals surface area contributed by atoms with Crippen molar-refractivity contribution in [3.63, 3.8) is 0 Å². The minimum atomic E-state index is -0.790. The summed E-state index contributed by atoms with van der Waals surface area (Å²) in [6.07, 6.45) is 92.9. The first kappa shape index (κ1) is 77.3. The van der Waals surface area contributed by atoms with Crippen LogP contribution in [0.15, 0.2) is 97.2 Å². The number of allylic oxidation sites excluding steroid dienone is 16. The molecule has 0 aromatic rings. The summed E-state index contributed by atoms with van der Waals surface area (Å²) in [6.45, 7) is 6.44. The van der Waals surface area contributed by atoms with Gasteiger partial charge in [0.1, 0.15) is 13.2 Å². The van der Waals surface area contributed by atoms with Gasteiger partial charge in [-0.15, -0.1) is 0 Å². The molecule has 466 valence electrons.